The highest BCUT2D eigenvalue weighted by Gasteiger charge is 2.21. The molecule has 2 N–H and O–H groups in total. The van der Waals surface area contributed by atoms with Crippen LogP contribution < -0.4 is 5.43 Å². The van der Waals surface area contributed by atoms with E-state index in [0.29, 0.717) is 0 Å². The molecule has 0 spiro atoms. The molecule has 1 aromatic carbocycles. The van der Waals surface area contributed by atoms with Gasteiger partial charge >= 0.3 is 5.82 Å². The average molecular weight is 277 g/mol. The van der Waals surface area contributed by atoms with E-state index in [-0.39, 0.29) is 5.56 Å². The van der Waals surface area contributed by atoms with Gasteiger partial charge in [-0.15, -0.1) is 0 Å². The largest absolute Gasteiger partial charge is 0.358 e. The first kappa shape index (κ1) is 13.3. The Morgan fingerprint density at radius 3 is 2.95 bits per heavy atom. The van der Waals surface area contributed by atoms with Crippen molar-refractivity contribution < 1.29 is 14.1 Å². The number of nitrogens with one attached hydrogen (secondary N) is 2. The van der Waals surface area contributed by atoms with E-state index in [1.54, 1.807) is 6.07 Å². The van der Waals surface area contributed by atoms with Crippen molar-refractivity contribution in [1.82, 2.24) is 15.4 Å². The molecule has 2 rings (SSSR count). The van der Waals surface area contributed by atoms with Crippen LogP contribution in [0.15, 0.2) is 35.7 Å². The number of H-pyrrole nitrogens is 1. The number of carbonyl (C=O) groups excluding carboxylic acids is 1. The van der Waals surface area contributed by atoms with Crippen LogP contribution in [0, 0.1) is 15.9 Å². The molecule has 1 aromatic heterocycles. The Morgan fingerprint density at radius 2 is 2.25 bits per heavy atom. The van der Waals surface area contributed by atoms with Gasteiger partial charge in [-0.1, -0.05) is 18.2 Å². The zero-order valence-corrected chi connectivity index (χ0v) is 9.91. The quantitative estimate of drug-likeness (QED) is 0.497. The van der Waals surface area contributed by atoms with Gasteiger partial charge in [-0.2, -0.15) is 5.10 Å². The number of rotatable bonds is 4. The number of amides is 1. The minimum atomic E-state index is -0.870. The molecule has 0 bridgehead atoms. The maximum absolute atomic E-state index is 13.2. The summed E-state index contributed by atoms with van der Waals surface area (Å²) >= 11 is 0. The molecule has 0 radical (unpaired) electrons. The van der Waals surface area contributed by atoms with Crippen molar-refractivity contribution in [3.8, 4) is 0 Å². The summed E-state index contributed by atoms with van der Waals surface area (Å²) in [4.78, 5) is 27.2. The van der Waals surface area contributed by atoms with Crippen LogP contribution in [-0.2, 0) is 0 Å². The van der Waals surface area contributed by atoms with Crippen LogP contribution >= 0.6 is 0 Å². The summed E-state index contributed by atoms with van der Waals surface area (Å²) in [7, 11) is 0. The highest BCUT2D eigenvalue weighted by atomic mass is 19.1. The number of nitro groups is 1. The van der Waals surface area contributed by atoms with E-state index in [0.717, 1.165) is 12.5 Å². The Hall–Kier alpha value is -3.10. The molecule has 102 valence electrons. The van der Waals surface area contributed by atoms with Crippen LogP contribution in [0.1, 0.15) is 16.1 Å². The van der Waals surface area contributed by atoms with Crippen LogP contribution in [0.4, 0.5) is 10.2 Å². The number of hydrogen-bond donors (Lipinski definition) is 2. The number of benzene rings is 1. The fourth-order valence-electron chi connectivity index (χ4n) is 1.39. The number of carbonyl (C=O) groups is 1. The van der Waals surface area contributed by atoms with E-state index in [9.17, 15) is 19.3 Å². The van der Waals surface area contributed by atoms with Gasteiger partial charge in [0.25, 0.3) is 5.91 Å². The van der Waals surface area contributed by atoms with Gasteiger partial charge in [0.2, 0.25) is 5.69 Å². The van der Waals surface area contributed by atoms with Crippen LogP contribution in [0.5, 0.6) is 0 Å². The fraction of sp³-hybridized carbons (Fsp3) is 0. The molecule has 0 aliphatic rings. The number of hydrogen-bond acceptors (Lipinski definition) is 5. The molecule has 9 heteroatoms. The Bertz CT molecular complexity index is 682. The molecular weight excluding hydrogens is 269 g/mol. The maximum atomic E-state index is 13.2. The Balaban J connectivity index is 2.08. The van der Waals surface area contributed by atoms with Crippen molar-refractivity contribution in [1.29, 1.82) is 0 Å². The monoisotopic (exact) mass is 277 g/mol. The summed E-state index contributed by atoms with van der Waals surface area (Å²) in [5.74, 6) is -1.91. The van der Waals surface area contributed by atoms with E-state index in [4.69, 9.17) is 0 Å². The third kappa shape index (κ3) is 2.83. The van der Waals surface area contributed by atoms with Crippen molar-refractivity contribution in [2.24, 2.45) is 5.10 Å². The lowest BCUT2D eigenvalue weighted by molar-refractivity contribution is -0.389. The Labute approximate surface area is 111 Å². The number of hydrazone groups is 1. The minimum Gasteiger partial charge on any atom is -0.358 e. The Morgan fingerprint density at radius 1 is 1.50 bits per heavy atom. The van der Waals surface area contributed by atoms with Crippen molar-refractivity contribution in [2.45, 2.75) is 0 Å². The molecule has 8 nitrogen and oxygen atoms in total. The van der Waals surface area contributed by atoms with Gasteiger partial charge < -0.3 is 10.1 Å². The zero-order valence-electron chi connectivity index (χ0n) is 9.91. The average Bonchev–Trinajstić information content (AvgIpc) is 2.90. The van der Waals surface area contributed by atoms with Crippen molar-refractivity contribution >= 4 is 17.9 Å². The zero-order chi connectivity index (χ0) is 14.5. The van der Waals surface area contributed by atoms with E-state index in [2.05, 4.69) is 15.1 Å². The second-order valence-corrected chi connectivity index (χ2v) is 3.58. The molecule has 2 aromatic rings. The first-order valence-corrected chi connectivity index (χ1v) is 5.35. The van der Waals surface area contributed by atoms with Gasteiger partial charge in [-0.3, -0.25) is 4.79 Å². The standard InChI is InChI=1S/C11H8FN5O3/c12-8-4-2-1-3-7(8)5-15-16-11(18)9-10(17(19)20)14-6-13-9/h1-6H,(H,13,14)(H,16,18). The number of aromatic nitrogens is 2. The number of imidazole rings is 1. The number of nitrogens with zero attached hydrogens (tertiary/aromatic N) is 3. The smallest absolute Gasteiger partial charge is 0.353 e. The molecule has 0 unspecified atom stereocenters. The molecule has 0 fully saturated rings. The summed E-state index contributed by atoms with van der Waals surface area (Å²) in [6.45, 7) is 0. The number of aromatic amines is 1. The summed E-state index contributed by atoms with van der Waals surface area (Å²) in [5, 5.41) is 14.1. The van der Waals surface area contributed by atoms with Crippen molar-refractivity contribution in [3.05, 3.63) is 57.8 Å². The van der Waals surface area contributed by atoms with Gasteiger partial charge in [0.15, 0.2) is 6.33 Å². The third-order valence-electron chi connectivity index (χ3n) is 2.29. The van der Waals surface area contributed by atoms with Crippen molar-refractivity contribution in [2.75, 3.05) is 0 Å². The first-order valence-electron chi connectivity index (χ1n) is 5.35. The lowest BCUT2D eigenvalue weighted by Crippen LogP contribution is -2.19. The second-order valence-electron chi connectivity index (χ2n) is 3.58. The molecule has 1 amide bonds. The molecule has 20 heavy (non-hydrogen) atoms. The van der Waals surface area contributed by atoms with Crippen molar-refractivity contribution in [3.63, 3.8) is 0 Å². The van der Waals surface area contributed by atoms with E-state index in [1.165, 1.54) is 18.2 Å². The summed E-state index contributed by atoms with van der Waals surface area (Å²) < 4.78 is 13.2. The highest BCUT2D eigenvalue weighted by Crippen LogP contribution is 2.11. The van der Waals surface area contributed by atoms with Crippen LogP contribution in [0.3, 0.4) is 0 Å². The Kier molecular flexibility index (Phi) is 3.80. The fourth-order valence-corrected chi connectivity index (χ4v) is 1.39. The van der Waals surface area contributed by atoms with Crippen LogP contribution in [-0.4, -0.2) is 27.0 Å². The predicted octanol–water partition coefficient (Wildman–Crippen LogP) is 1.22. The lowest BCUT2D eigenvalue weighted by atomic mass is 10.2. The molecule has 1 heterocycles. The molecule has 0 aliphatic heterocycles. The van der Waals surface area contributed by atoms with Gasteiger partial charge in [0.05, 0.1) is 6.21 Å². The summed E-state index contributed by atoms with van der Waals surface area (Å²) in [5.41, 5.74) is 1.80. The lowest BCUT2D eigenvalue weighted by Gasteiger charge is -1.97. The van der Waals surface area contributed by atoms with E-state index in [1.807, 2.05) is 5.43 Å². The second kappa shape index (κ2) is 5.69. The SMILES string of the molecule is O=C(NN=Cc1ccccc1F)c1nc[nH]c1[N+](=O)[O-]. The first-order chi connectivity index (χ1) is 9.59. The molecule has 0 atom stereocenters. The number of halogens is 1. The van der Waals surface area contributed by atoms with Gasteiger partial charge in [-0.25, -0.2) is 19.8 Å². The molecular formula is C11H8FN5O3. The van der Waals surface area contributed by atoms with Gasteiger partial charge in [-0.05, 0) is 11.0 Å². The van der Waals surface area contributed by atoms with Crippen LogP contribution in [0.25, 0.3) is 0 Å². The predicted molar refractivity (Wildman–Crippen MR) is 66.7 cm³/mol. The highest BCUT2D eigenvalue weighted by molar-refractivity contribution is 5.96. The molecule has 0 saturated heterocycles. The van der Waals surface area contributed by atoms with E-state index >= 15 is 0 Å². The van der Waals surface area contributed by atoms with E-state index < -0.39 is 28.2 Å². The third-order valence-corrected chi connectivity index (χ3v) is 2.29. The summed E-state index contributed by atoms with van der Waals surface area (Å²) in [6, 6.07) is 5.81. The topological polar surface area (TPSA) is 113 Å². The normalized spacial score (nSPS) is 10.7. The summed E-state index contributed by atoms with van der Waals surface area (Å²) in [6.07, 6.45) is 2.11. The van der Waals surface area contributed by atoms with Gasteiger partial charge in [0.1, 0.15) is 5.82 Å². The maximum Gasteiger partial charge on any atom is 0.353 e. The molecule has 0 saturated carbocycles. The molecule has 0 aliphatic carbocycles. The van der Waals surface area contributed by atoms with Gasteiger partial charge in [0, 0.05) is 5.56 Å². The minimum absolute atomic E-state index is 0.171. The van der Waals surface area contributed by atoms with Crippen LogP contribution in [0.2, 0.25) is 0 Å².